The van der Waals surface area contributed by atoms with Gasteiger partial charge in [0.2, 0.25) is 0 Å². The van der Waals surface area contributed by atoms with E-state index >= 15 is 0 Å². The van der Waals surface area contributed by atoms with E-state index in [9.17, 15) is 0 Å². The minimum Gasteiger partial charge on any atom is -0.372 e. The maximum absolute atomic E-state index is 6.32. The first kappa shape index (κ1) is 12.6. The van der Waals surface area contributed by atoms with E-state index in [0.717, 1.165) is 18.9 Å². The van der Waals surface area contributed by atoms with Crippen molar-refractivity contribution in [2.45, 2.75) is 44.8 Å². The van der Waals surface area contributed by atoms with E-state index < -0.39 is 0 Å². The third kappa shape index (κ3) is 3.30. The van der Waals surface area contributed by atoms with E-state index in [2.05, 4.69) is 24.3 Å². The number of hydrogen-bond donors (Lipinski definition) is 1. The third-order valence-electron chi connectivity index (χ3n) is 3.69. The van der Waals surface area contributed by atoms with Crippen LogP contribution in [0.25, 0.3) is 0 Å². The molecule has 2 rings (SSSR count). The molecule has 0 aromatic heterocycles. The molecule has 0 heterocycles. The zero-order valence-electron chi connectivity index (χ0n) is 10.6. The van der Waals surface area contributed by atoms with Gasteiger partial charge in [0.05, 0.1) is 6.10 Å². The Balaban J connectivity index is 2.00. The molecule has 2 unspecified atom stereocenters. The summed E-state index contributed by atoms with van der Waals surface area (Å²) in [4.78, 5) is 0. The van der Waals surface area contributed by atoms with Gasteiger partial charge in [-0.25, -0.2) is 0 Å². The molecule has 1 aromatic carbocycles. The van der Waals surface area contributed by atoms with Crippen LogP contribution in [0, 0.1) is 5.92 Å². The van der Waals surface area contributed by atoms with Crippen molar-refractivity contribution < 1.29 is 4.74 Å². The van der Waals surface area contributed by atoms with Crippen molar-refractivity contribution in [3.63, 3.8) is 0 Å². The van der Waals surface area contributed by atoms with Gasteiger partial charge in [0, 0.05) is 12.6 Å². The molecule has 1 saturated carbocycles. The summed E-state index contributed by atoms with van der Waals surface area (Å²) < 4.78 is 5.83. The van der Waals surface area contributed by atoms with Gasteiger partial charge in [-0.1, -0.05) is 49.6 Å². The molecule has 1 fully saturated rings. The van der Waals surface area contributed by atoms with Crippen LogP contribution in [0.1, 0.15) is 44.3 Å². The Labute approximate surface area is 104 Å². The Morgan fingerprint density at radius 3 is 2.53 bits per heavy atom. The predicted molar refractivity (Wildman–Crippen MR) is 70.7 cm³/mol. The lowest BCUT2D eigenvalue weighted by molar-refractivity contribution is 0.0333. The molecule has 0 aliphatic heterocycles. The molecule has 2 nitrogen and oxygen atoms in total. The lowest BCUT2D eigenvalue weighted by atomic mass is 9.79. The van der Waals surface area contributed by atoms with Crippen LogP contribution in [0.2, 0.25) is 0 Å². The Morgan fingerprint density at radius 1 is 1.29 bits per heavy atom. The van der Waals surface area contributed by atoms with Gasteiger partial charge < -0.3 is 10.5 Å². The monoisotopic (exact) mass is 233 g/mol. The first-order chi connectivity index (χ1) is 8.31. The second kappa shape index (κ2) is 6.18. The van der Waals surface area contributed by atoms with Crippen molar-refractivity contribution >= 4 is 0 Å². The average molecular weight is 233 g/mol. The van der Waals surface area contributed by atoms with Crippen LogP contribution in [-0.4, -0.2) is 12.6 Å². The van der Waals surface area contributed by atoms with Crippen molar-refractivity contribution in [3.05, 3.63) is 35.9 Å². The van der Waals surface area contributed by atoms with E-state index in [1.54, 1.807) is 0 Å². The summed E-state index contributed by atoms with van der Waals surface area (Å²) in [7, 11) is 0. The van der Waals surface area contributed by atoms with Gasteiger partial charge in [-0.15, -0.1) is 0 Å². The molecular weight excluding hydrogens is 210 g/mol. The van der Waals surface area contributed by atoms with E-state index in [4.69, 9.17) is 10.5 Å². The van der Waals surface area contributed by atoms with Crippen LogP contribution in [0.3, 0.4) is 0 Å². The largest absolute Gasteiger partial charge is 0.372 e. The molecule has 0 bridgehead atoms. The Bertz CT molecular complexity index is 321. The summed E-state index contributed by atoms with van der Waals surface area (Å²) in [6, 6.07) is 10.5. The van der Waals surface area contributed by atoms with E-state index in [1.165, 1.54) is 24.8 Å². The topological polar surface area (TPSA) is 35.2 Å². The number of ether oxygens (including phenoxy) is 1. The summed E-state index contributed by atoms with van der Waals surface area (Å²) in [6.45, 7) is 2.75. The van der Waals surface area contributed by atoms with Crippen LogP contribution in [0.15, 0.2) is 30.3 Å². The molecule has 2 heteroatoms. The molecule has 0 amide bonds. The van der Waals surface area contributed by atoms with Crippen molar-refractivity contribution in [2.24, 2.45) is 11.7 Å². The Hall–Kier alpha value is -0.860. The van der Waals surface area contributed by atoms with Gasteiger partial charge in [0.25, 0.3) is 0 Å². The molecule has 94 valence electrons. The number of rotatable bonds is 6. The van der Waals surface area contributed by atoms with Gasteiger partial charge in [-0.3, -0.25) is 0 Å². The second-order valence-corrected chi connectivity index (χ2v) is 4.98. The van der Waals surface area contributed by atoms with Crippen LogP contribution >= 0.6 is 0 Å². The van der Waals surface area contributed by atoms with E-state index in [1.807, 2.05) is 13.0 Å². The number of hydrogen-bond acceptors (Lipinski definition) is 2. The lowest BCUT2D eigenvalue weighted by Crippen LogP contribution is -2.34. The van der Waals surface area contributed by atoms with Gasteiger partial charge >= 0.3 is 0 Å². The molecule has 2 atom stereocenters. The fourth-order valence-corrected chi connectivity index (χ4v) is 2.53. The smallest absolute Gasteiger partial charge is 0.0975 e. The highest BCUT2D eigenvalue weighted by Gasteiger charge is 2.26. The third-order valence-corrected chi connectivity index (χ3v) is 3.69. The van der Waals surface area contributed by atoms with Crippen molar-refractivity contribution in [3.8, 4) is 0 Å². The van der Waals surface area contributed by atoms with Crippen molar-refractivity contribution in [1.82, 2.24) is 0 Å². The van der Waals surface area contributed by atoms with Gasteiger partial charge in [-0.05, 0) is 24.8 Å². The fraction of sp³-hybridized carbons (Fsp3) is 0.600. The predicted octanol–water partition coefficient (Wildman–Crippen LogP) is 3.28. The summed E-state index contributed by atoms with van der Waals surface area (Å²) in [6.07, 6.45) is 5.23. The van der Waals surface area contributed by atoms with Crippen LogP contribution in [0.4, 0.5) is 0 Å². The zero-order valence-corrected chi connectivity index (χ0v) is 10.6. The molecule has 0 spiro atoms. The minimum absolute atomic E-state index is 0.0572. The Kier molecular flexibility index (Phi) is 4.57. The summed E-state index contributed by atoms with van der Waals surface area (Å²) in [5.74, 6) is 0.830. The SMILES string of the molecule is CCOC(c1ccccc1)C(N)CC1CCC1. The van der Waals surface area contributed by atoms with Gasteiger partial charge in [-0.2, -0.15) is 0 Å². The van der Waals surface area contributed by atoms with Crippen molar-refractivity contribution in [2.75, 3.05) is 6.61 Å². The van der Waals surface area contributed by atoms with Gasteiger partial charge in [0.1, 0.15) is 0 Å². The number of nitrogens with two attached hydrogens (primary N) is 1. The first-order valence-electron chi connectivity index (χ1n) is 6.73. The standard InChI is InChI=1S/C15H23NO/c1-2-17-15(13-9-4-3-5-10-13)14(16)11-12-7-6-8-12/h3-5,9-10,12,14-15H,2,6-8,11,16H2,1H3. The summed E-state index contributed by atoms with van der Waals surface area (Å²) in [5, 5.41) is 0. The molecule has 0 saturated heterocycles. The van der Waals surface area contributed by atoms with Gasteiger partial charge in [0.15, 0.2) is 0 Å². The Morgan fingerprint density at radius 2 is 2.00 bits per heavy atom. The number of benzene rings is 1. The zero-order chi connectivity index (χ0) is 12.1. The molecular formula is C15H23NO. The summed E-state index contributed by atoms with van der Waals surface area (Å²) in [5.41, 5.74) is 7.53. The van der Waals surface area contributed by atoms with Crippen LogP contribution < -0.4 is 5.73 Å². The van der Waals surface area contributed by atoms with E-state index in [0.29, 0.717) is 0 Å². The molecule has 1 aliphatic rings. The molecule has 1 aliphatic carbocycles. The molecule has 1 aromatic rings. The van der Waals surface area contributed by atoms with Crippen LogP contribution in [-0.2, 0) is 4.74 Å². The quantitative estimate of drug-likeness (QED) is 0.818. The summed E-state index contributed by atoms with van der Waals surface area (Å²) >= 11 is 0. The fourth-order valence-electron chi connectivity index (χ4n) is 2.53. The molecule has 17 heavy (non-hydrogen) atoms. The first-order valence-corrected chi connectivity index (χ1v) is 6.73. The highest BCUT2D eigenvalue weighted by atomic mass is 16.5. The highest BCUT2D eigenvalue weighted by molar-refractivity contribution is 5.19. The maximum Gasteiger partial charge on any atom is 0.0975 e. The molecule has 2 N–H and O–H groups in total. The second-order valence-electron chi connectivity index (χ2n) is 4.98. The van der Waals surface area contributed by atoms with Crippen LogP contribution in [0.5, 0.6) is 0 Å². The average Bonchev–Trinajstić information content (AvgIpc) is 2.31. The minimum atomic E-state index is 0.0572. The van der Waals surface area contributed by atoms with E-state index in [-0.39, 0.29) is 12.1 Å². The molecule has 0 radical (unpaired) electrons. The van der Waals surface area contributed by atoms with Crippen molar-refractivity contribution in [1.29, 1.82) is 0 Å². The normalized spacial score (nSPS) is 19.6. The maximum atomic E-state index is 6.32. The highest BCUT2D eigenvalue weighted by Crippen LogP contribution is 2.33. The lowest BCUT2D eigenvalue weighted by Gasteiger charge is -2.32.